The van der Waals surface area contributed by atoms with Crippen molar-refractivity contribution in [3.05, 3.63) is 66.2 Å². The average molecular weight is 342 g/mol. The van der Waals surface area contributed by atoms with E-state index in [2.05, 4.69) is 4.98 Å². The Labute approximate surface area is 145 Å². The minimum absolute atomic E-state index is 0.366. The van der Waals surface area contributed by atoms with Crippen molar-refractivity contribution in [2.24, 2.45) is 0 Å². The number of oxazole rings is 1. The van der Waals surface area contributed by atoms with Crippen molar-refractivity contribution in [1.29, 1.82) is 0 Å². The van der Waals surface area contributed by atoms with E-state index >= 15 is 0 Å². The summed E-state index contributed by atoms with van der Waals surface area (Å²) in [6.45, 7) is 0. The van der Waals surface area contributed by atoms with Crippen LogP contribution in [-0.2, 0) is 0 Å². The van der Waals surface area contributed by atoms with Crippen LogP contribution in [0.5, 0.6) is 11.5 Å². The molecule has 3 aromatic rings. The molecule has 0 N–H and O–H groups in total. The number of halogens is 1. The van der Waals surface area contributed by atoms with Gasteiger partial charge in [-0.25, -0.2) is 4.98 Å². The Bertz CT molecular complexity index is 856. The first-order chi connectivity index (χ1) is 11.7. The zero-order valence-electron chi connectivity index (χ0n) is 13.3. The first-order valence-corrected chi connectivity index (χ1v) is 7.70. The lowest BCUT2D eigenvalue weighted by atomic mass is 10.2. The van der Waals surface area contributed by atoms with E-state index in [0.717, 1.165) is 11.1 Å². The highest BCUT2D eigenvalue weighted by atomic mass is 35.5. The number of rotatable bonds is 5. The van der Waals surface area contributed by atoms with Gasteiger partial charge in [-0.05, 0) is 23.8 Å². The van der Waals surface area contributed by atoms with Gasteiger partial charge in [0.25, 0.3) is 0 Å². The van der Waals surface area contributed by atoms with E-state index in [4.69, 9.17) is 25.5 Å². The Kier molecular flexibility index (Phi) is 4.87. The molecule has 0 amide bonds. The number of ether oxygens (including phenoxy) is 2. The van der Waals surface area contributed by atoms with Gasteiger partial charge in [-0.2, -0.15) is 0 Å². The molecule has 2 aromatic carbocycles. The van der Waals surface area contributed by atoms with Crippen LogP contribution in [0.4, 0.5) is 0 Å². The van der Waals surface area contributed by atoms with Crippen LogP contribution < -0.4 is 9.47 Å². The molecule has 0 bridgehead atoms. The van der Waals surface area contributed by atoms with Crippen molar-refractivity contribution in [2.45, 2.75) is 0 Å². The summed E-state index contributed by atoms with van der Waals surface area (Å²) < 4.78 is 16.3. The summed E-state index contributed by atoms with van der Waals surface area (Å²) in [6.07, 6.45) is 3.43. The van der Waals surface area contributed by atoms with Gasteiger partial charge in [-0.15, -0.1) is 0 Å². The maximum absolute atomic E-state index is 6.34. The van der Waals surface area contributed by atoms with Crippen LogP contribution in [0.2, 0.25) is 0 Å². The van der Waals surface area contributed by atoms with Crippen molar-refractivity contribution in [3.8, 4) is 22.8 Å². The molecular weight excluding hydrogens is 326 g/mol. The van der Waals surface area contributed by atoms with Gasteiger partial charge in [0, 0.05) is 5.56 Å². The largest absolute Gasteiger partial charge is 0.493 e. The van der Waals surface area contributed by atoms with E-state index in [-0.39, 0.29) is 0 Å². The molecule has 0 saturated carbocycles. The standard InChI is InChI=1S/C19H16ClNO3/c1-22-16-9-8-13(11-17(16)23-2)10-15(20)19-21-12-18(24-19)14-6-4-3-5-7-14/h3-12H,1-2H3/b15-10-. The molecule has 0 aliphatic heterocycles. The van der Waals surface area contributed by atoms with Gasteiger partial charge in [0.2, 0.25) is 5.89 Å². The third kappa shape index (κ3) is 3.44. The first-order valence-electron chi connectivity index (χ1n) is 7.32. The van der Waals surface area contributed by atoms with Gasteiger partial charge >= 0.3 is 0 Å². The second kappa shape index (κ2) is 7.23. The van der Waals surface area contributed by atoms with E-state index in [1.165, 1.54) is 0 Å². The predicted molar refractivity (Wildman–Crippen MR) is 95.2 cm³/mol. The molecule has 122 valence electrons. The molecule has 4 nitrogen and oxygen atoms in total. The Morgan fingerprint density at radius 1 is 1.04 bits per heavy atom. The molecule has 1 heterocycles. The molecule has 0 saturated heterocycles. The summed E-state index contributed by atoms with van der Waals surface area (Å²) in [7, 11) is 3.19. The lowest BCUT2D eigenvalue weighted by molar-refractivity contribution is 0.355. The van der Waals surface area contributed by atoms with Crippen LogP contribution in [0.25, 0.3) is 22.4 Å². The van der Waals surface area contributed by atoms with Crippen LogP contribution in [0.1, 0.15) is 11.5 Å². The van der Waals surface area contributed by atoms with E-state index in [0.29, 0.717) is 28.2 Å². The molecule has 0 aliphatic rings. The first kappa shape index (κ1) is 16.1. The van der Waals surface area contributed by atoms with E-state index in [1.807, 2.05) is 48.5 Å². The molecule has 0 aliphatic carbocycles. The third-order valence-corrected chi connectivity index (χ3v) is 3.74. The highest BCUT2D eigenvalue weighted by Crippen LogP contribution is 2.31. The van der Waals surface area contributed by atoms with Crippen LogP contribution in [0, 0.1) is 0 Å². The van der Waals surface area contributed by atoms with Gasteiger partial charge in [0.1, 0.15) is 5.03 Å². The van der Waals surface area contributed by atoms with Crippen LogP contribution in [-0.4, -0.2) is 19.2 Å². The van der Waals surface area contributed by atoms with Crippen molar-refractivity contribution >= 4 is 22.7 Å². The summed E-state index contributed by atoms with van der Waals surface area (Å²) in [5.41, 5.74) is 1.81. The molecule has 0 unspecified atom stereocenters. The highest BCUT2D eigenvalue weighted by molar-refractivity contribution is 6.50. The van der Waals surface area contributed by atoms with Crippen LogP contribution >= 0.6 is 11.6 Å². The number of nitrogens with zero attached hydrogens (tertiary/aromatic N) is 1. The fraction of sp³-hybridized carbons (Fsp3) is 0.105. The molecule has 0 atom stereocenters. The van der Waals surface area contributed by atoms with Crippen LogP contribution in [0.3, 0.4) is 0 Å². The van der Waals surface area contributed by atoms with Gasteiger partial charge in [0.15, 0.2) is 17.3 Å². The Hall–Kier alpha value is -2.72. The molecule has 0 fully saturated rings. The summed E-state index contributed by atoms with van der Waals surface area (Å²) in [5.74, 6) is 2.33. The fourth-order valence-electron chi connectivity index (χ4n) is 2.27. The third-order valence-electron chi connectivity index (χ3n) is 3.47. The molecule has 24 heavy (non-hydrogen) atoms. The Balaban J connectivity index is 1.88. The van der Waals surface area contributed by atoms with Gasteiger partial charge in [0.05, 0.1) is 20.4 Å². The van der Waals surface area contributed by atoms with Gasteiger partial charge < -0.3 is 13.9 Å². The van der Waals surface area contributed by atoms with Crippen molar-refractivity contribution in [1.82, 2.24) is 4.98 Å². The quantitative estimate of drug-likeness (QED) is 0.648. The summed E-state index contributed by atoms with van der Waals surface area (Å²) in [4.78, 5) is 4.24. The Morgan fingerprint density at radius 3 is 2.50 bits per heavy atom. The average Bonchev–Trinajstić information content (AvgIpc) is 3.12. The van der Waals surface area contributed by atoms with Crippen molar-refractivity contribution in [2.75, 3.05) is 14.2 Å². The highest BCUT2D eigenvalue weighted by Gasteiger charge is 2.10. The zero-order chi connectivity index (χ0) is 16.9. The topological polar surface area (TPSA) is 44.5 Å². The lowest BCUT2D eigenvalue weighted by Gasteiger charge is -2.07. The number of hydrogen-bond acceptors (Lipinski definition) is 4. The van der Waals surface area contributed by atoms with Gasteiger partial charge in [-0.3, -0.25) is 0 Å². The van der Waals surface area contributed by atoms with Crippen molar-refractivity contribution < 1.29 is 13.9 Å². The van der Waals surface area contributed by atoms with E-state index in [9.17, 15) is 0 Å². The summed E-state index contributed by atoms with van der Waals surface area (Å²) in [6, 6.07) is 15.3. The second-order valence-corrected chi connectivity index (χ2v) is 5.41. The smallest absolute Gasteiger partial charge is 0.238 e. The Morgan fingerprint density at radius 2 is 1.79 bits per heavy atom. The zero-order valence-corrected chi connectivity index (χ0v) is 14.1. The van der Waals surface area contributed by atoms with E-state index < -0.39 is 0 Å². The molecule has 0 radical (unpaired) electrons. The maximum Gasteiger partial charge on any atom is 0.238 e. The molecule has 5 heteroatoms. The van der Waals surface area contributed by atoms with E-state index in [1.54, 1.807) is 26.5 Å². The lowest BCUT2D eigenvalue weighted by Crippen LogP contribution is -1.90. The summed E-state index contributed by atoms with van der Waals surface area (Å²) >= 11 is 6.34. The predicted octanol–water partition coefficient (Wildman–Crippen LogP) is 5.10. The molecular formula is C19H16ClNO3. The molecule has 3 rings (SSSR count). The number of benzene rings is 2. The number of hydrogen-bond donors (Lipinski definition) is 0. The molecule has 0 spiro atoms. The fourth-order valence-corrected chi connectivity index (χ4v) is 2.48. The second-order valence-electron chi connectivity index (χ2n) is 5.00. The normalized spacial score (nSPS) is 11.4. The van der Waals surface area contributed by atoms with Crippen LogP contribution in [0.15, 0.2) is 59.1 Å². The minimum Gasteiger partial charge on any atom is -0.493 e. The van der Waals surface area contributed by atoms with Crippen molar-refractivity contribution in [3.63, 3.8) is 0 Å². The molecule has 1 aromatic heterocycles. The summed E-state index contributed by atoms with van der Waals surface area (Å²) in [5, 5.41) is 0.407. The van der Waals surface area contributed by atoms with Gasteiger partial charge in [-0.1, -0.05) is 48.0 Å². The number of aromatic nitrogens is 1. The minimum atomic E-state index is 0.366. The SMILES string of the molecule is COc1ccc(/C=C(\Cl)c2ncc(-c3ccccc3)o2)cc1OC. The number of methoxy groups -OCH3 is 2. The monoisotopic (exact) mass is 341 g/mol. The maximum atomic E-state index is 6.34.